The molecule has 1 fully saturated rings. The Hall–Kier alpha value is -4.46. The zero-order valence-corrected chi connectivity index (χ0v) is 22.1. The Kier molecular flexibility index (Phi) is 7.90. The van der Waals surface area contributed by atoms with Crippen LogP contribution >= 0.6 is 0 Å². The molecule has 1 heterocycles. The Balaban J connectivity index is 1.86. The minimum absolute atomic E-state index is 0.0120. The summed E-state index contributed by atoms with van der Waals surface area (Å²) in [6.45, 7) is 3.96. The molecular formula is C30H31NO7. The summed E-state index contributed by atoms with van der Waals surface area (Å²) in [7, 11) is 4.54. The fourth-order valence-corrected chi connectivity index (χ4v) is 4.55. The third kappa shape index (κ3) is 5.16. The molecule has 1 atom stereocenters. The van der Waals surface area contributed by atoms with E-state index in [2.05, 4.69) is 0 Å². The SMILES string of the molecule is COc1ccccc1CN1C(=O)C(=O)/C(=C(\O)c2ccc(OC)c(OC)c2)C1c1ccc(OC(C)C)cc1. The van der Waals surface area contributed by atoms with Crippen molar-refractivity contribution in [2.75, 3.05) is 21.3 Å². The first-order valence-electron chi connectivity index (χ1n) is 12.2. The lowest BCUT2D eigenvalue weighted by Crippen LogP contribution is -2.29. The lowest BCUT2D eigenvalue weighted by molar-refractivity contribution is -0.140. The molecule has 1 unspecified atom stereocenters. The molecular weight excluding hydrogens is 486 g/mol. The predicted molar refractivity (Wildman–Crippen MR) is 143 cm³/mol. The number of para-hydroxylation sites is 1. The number of methoxy groups -OCH3 is 3. The molecule has 0 bridgehead atoms. The fourth-order valence-electron chi connectivity index (χ4n) is 4.55. The smallest absolute Gasteiger partial charge is 0.295 e. The molecule has 0 radical (unpaired) electrons. The summed E-state index contributed by atoms with van der Waals surface area (Å²) in [6.07, 6.45) is -0.0120. The molecule has 3 aromatic rings. The van der Waals surface area contributed by atoms with E-state index in [4.69, 9.17) is 18.9 Å². The molecule has 1 N–H and O–H groups in total. The molecule has 1 aliphatic rings. The molecule has 0 spiro atoms. The monoisotopic (exact) mass is 517 g/mol. The van der Waals surface area contributed by atoms with E-state index in [9.17, 15) is 14.7 Å². The molecule has 8 nitrogen and oxygen atoms in total. The maximum absolute atomic E-state index is 13.4. The van der Waals surface area contributed by atoms with Crippen molar-refractivity contribution in [3.63, 3.8) is 0 Å². The zero-order valence-electron chi connectivity index (χ0n) is 22.1. The van der Waals surface area contributed by atoms with E-state index in [0.29, 0.717) is 34.1 Å². The standard InChI is InChI=1S/C30H31NO7/c1-18(2)38-22-13-10-19(11-14-22)27-26(28(32)20-12-15-24(36-4)25(16-20)37-5)29(33)30(34)31(27)17-21-8-6-7-9-23(21)35-3/h6-16,18,27,32H,17H2,1-5H3/b28-26-. The highest BCUT2D eigenvalue weighted by Crippen LogP contribution is 2.42. The zero-order chi connectivity index (χ0) is 27.4. The van der Waals surface area contributed by atoms with E-state index in [1.54, 1.807) is 55.6 Å². The van der Waals surface area contributed by atoms with Crippen LogP contribution in [-0.2, 0) is 16.1 Å². The van der Waals surface area contributed by atoms with Crippen molar-refractivity contribution >= 4 is 17.4 Å². The van der Waals surface area contributed by atoms with Gasteiger partial charge in [-0.15, -0.1) is 0 Å². The number of Topliss-reactive ketones (excluding diaryl/α,β-unsaturated/α-hetero) is 1. The van der Waals surface area contributed by atoms with E-state index < -0.39 is 17.7 Å². The predicted octanol–water partition coefficient (Wildman–Crippen LogP) is 5.12. The van der Waals surface area contributed by atoms with Crippen molar-refractivity contribution in [2.45, 2.75) is 32.5 Å². The van der Waals surface area contributed by atoms with Crippen LogP contribution in [0.15, 0.2) is 72.3 Å². The minimum atomic E-state index is -0.846. The Bertz CT molecular complexity index is 1360. The normalized spacial score (nSPS) is 16.6. The molecule has 38 heavy (non-hydrogen) atoms. The van der Waals surface area contributed by atoms with Crippen LogP contribution < -0.4 is 18.9 Å². The van der Waals surface area contributed by atoms with Crippen LogP contribution in [0.25, 0.3) is 5.76 Å². The first-order chi connectivity index (χ1) is 18.3. The largest absolute Gasteiger partial charge is 0.507 e. The molecule has 4 rings (SSSR count). The van der Waals surface area contributed by atoms with Gasteiger partial charge in [0.05, 0.1) is 45.6 Å². The fraction of sp³-hybridized carbons (Fsp3) is 0.267. The van der Waals surface area contributed by atoms with Crippen LogP contribution in [0.4, 0.5) is 0 Å². The topological polar surface area (TPSA) is 94.5 Å². The van der Waals surface area contributed by atoms with Gasteiger partial charge in [0, 0.05) is 11.1 Å². The highest BCUT2D eigenvalue weighted by atomic mass is 16.5. The van der Waals surface area contributed by atoms with Gasteiger partial charge < -0.3 is 29.0 Å². The van der Waals surface area contributed by atoms with Gasteiger partial charge in [-0.1, -0.05) is 30.3 Å². The summed E-state index contributed by atoms with van der Waals surface area (Å²) in [5.74, 6) is 0.299. The lowest BCUT2D eigenvalue weighted by atomic mass is 9.95. The van der Waals surface area contributed by atoms with Crippen molar-refractivity contribution in [1.29, 1.82) is 0 Å². The number of hydrogen-bond acceptors (Lipinski definition) is 7. The number of ketones is 1. The van der Waals surface area contributed by atoms with Gasteiger partial charge in [-0.3, -0.25) is 9.59 Å². The van der Waals surface area contributed by atoms with Crippen molar-refractivity contribution in [2.24, 2.45) is 0 Å². The Labute approximate surface area is 222 Å². The number of carbonyl (C=O) groups excluding carboxylic acids is 2. The molecule has 0 aliphatic carbocycles. The van der Waals surface area contributed by atoms with Crippen molar-refractivity contribution in [3.05, 3.63) is 89.0 Å². The number of hydrogen-bond donors (Lipinski definition) is 1. The van der Waals surface area contributed by atoms with Crippen LogP contribution in [0.5, 0.6) is 23.0 Å². The van der Waals surface area contributed by atoms with Gasteiger partial charge in [-0.25, -0.2) is 0 Å². The van der Waals surface area contributed by atoms with Crippen LogP contribution in [-0.4, -0.2) is 49.1 Å². The third-order valence-electron chi connectivity index (χ3n) is 6.30. The molecule has 1 aliphatic heterocycles. The van der Waals surface area contributed by atoms with Gasteiger partial charge in [0.2, 0.25) is 0 Å². The molecule has 3 aromatic carbocycles. The minimum Gasteiger partial charge on any atom is -0.507 e. The van der Waals surface area contributed by atoms with Gasteiger partial charge >= 0.3 is 0 Å². The van der Waals surface area contributed by atoms with Crippen molar-refractivity contribution in [3.8, 4) is 23.0 Å². The highest BCUT2D eigenvalue weighted by molar-refractivity contribution is 6.46. The van der Waals surface area contributed by atoms with E-state index >= 15 is 0 Å². The molecule has 8 heteroatoms. The van der Waals surface area contributed by atoms with E-state index in [0.717, 1.165) is 5.56 Å². The third-order valence-corrected chi connectivity index (χ3v) is 6.30. The van der Waals surface area contributed by atoms with Crippen LogP contribution in [0.2, 0.25) is 0 Å². The van der Waals surface area contributed by atoms with Crippen LogP contribution in [0.1, 0.15) is 36.6 Å². The number of benzene rings is 3. The average Bonchev–Trinajstić information content (AvgIpc) is 3.17. The number of likely N-dealkylation sites (tertiary alicyclic amines) is 1. The second-order valence-electron chi connectivity index (χ2n) is 9.04. The maximum atomic E-state index is 13.4. The molecule has 0 aromatic heterocycles. The summed E-state index contributed by atoms with van der Waals surface area (Å²) >= 11 is 0. The van der Waals surface area contributed by atoms with Gasteiger partial charge in [0.1, 0.15) is 17.3 Å². The molecule has 0 saturated carbocycles. The second-order valence-corrected chi connectivity index (χ2v) is 9.04. The number of amides is 1. The summed E-state index contributed by atoms with van der Waals surface area (Å²) in [5.41, 5.74) is 1.68. The summed E-state index contributed by atoms with van der Waals surface area (Å²) < 4.78 is 21.9. The van der Waals surface area contributed by atoms with Gasteiger partial charge in [-0.05, 0) is 55.8 Å². The average molecular weight is 518 g/mol. The second kappa shape index (κ2) is 11.3. The Morgan fingerprint density at radius 3 is 2.16 bits per heavy atom. The van der Waals surface area contributed by atoms with Crippen molar-refractivity contribution < 1.29 is 33.6 Å². The summed E-state index contributed by atoms with van der Waals surface area (Å²) in [6, 6.07) is 18.4. The number of aliphatic hydroxyl groups is 1. The summed E-state index contributed by atoms with van der Waals surface area (Å²) in [4.78, 5) is 28.3. The van der Waals surface area contributed by atoms with Crippen molar-refractivity contribution in [1.82, 2.24) is 4.90 Å². The van der Waals surface area contributed by atoms with E-state index in [1.807, 2.05) is 32.0 Å². The van der Waals surface area contributed by atoms with E-state index in [-0.39, 0.29) is 24.0 Å². The number of rotatable bonds is 9. The first kappa shape index (κ1) is 26.6. The lowest BCUT2D eigenvalue weighted by Gasteiger charge is -2.26. The molecule has 1 saturated heterocycles. The highest BCUT2D eigenvalue weighted by Gasteiger charge is 2.46. The molecule has 1 amide bonds. The number of aliphatic hydroxyl groups excluding tert-OH is 1. The summed E-state index contributed by atoms with van der Waals surface area (Å²) in [5, 5.41) is 11.4. The van der Waals surface area contributed by atoms with E-state index in [1.165, 1.54) is 19.1 Å². The maximum Gasteiger partial charge on any atom is 0.295 e. The number of nitrogens with zero attached hydrogens (tertiary/aromatic N) is 1. The number of ether oxygens (including phenoxy) is 4. The van der Waals surface area contributed by atoms with Gasteiger partial charge in [-0.2, -0.15) is 0 Å². The number of carbonyl (C=O) groups is 2. The van der Waals surface area contributed by atoms with Crippen LogP contribution in [0, 0.1) is 0 Å². The Morgan fingerprint density at radius 1 is 0.868 bits per heavy atom. The van der Waals surface area contributed by atoms with Gasteiger partial charge in [0.25, 0.3) is 11.7 Å². The van der Waals surface area contributed by atoms with Crippen LogP contribution in [0.3, 0.4) is 0 Å². The molecule has 198 valence electrons. The first-order valence-corrected chi connectivity index (χ1v) is 12.2. The van der Waals surface area contributed by atoms with Gasteiger partial charge in [0.15, 0.2) is 11.5 Å². The quantitative estimate of drug-likeness (QED) is 0.239. The Morgan fingerprint density at radius 2 is 1.53 bits per heavy atom.